The Labute approximate surface area is 183 Å². The highest BCUT2D eigenvalue weighted by Gasteiger charge is 2.11. The molecule has 1 N–H and O–H groups in total. The fourth-order valence-corrected chi connectivity index (χ4v) is 3.06. The molecule has 0 aliphatic carbocycles. The fourth-order valence-electron chi connectivity index (χ4n) is 2.89. The van der Waals surface area contributed by atoms with Crippen molar-refractivity contribution in [1.82, 2.24) is 20.2 Å². The van der Waals surface area contributed by atoms with Gasteiger partial charge in [-0.05, 0) is 70.6 Å². The first-order valence-electron chi connectivity index (χ1n) is 9.34. The van der Waals surface area contributed by atoms with Crippen molar-refractivity contribution in [3.05, 3.63) is 83.6 Å². The van der Waals surface area contributed by atoms with Crippen LogP contribution < -0.4 is 14.8 Å². The molecule has 8 nitrogen and oxygen atoms in total. The van der Waals surface area contributed by atoms with E-state index in [9.17, 15) is 4.79 Å². The number of tetrazole rings is 1. The number of carbonyl (C=O) groups excluding carboxylic acids is 1. The van der Waals surface area contributed by atoms with Gasteiger partial charge in [-0.25, -0.2) is 4.68 Å². The average Bonchev–Trinajstić information content (AvgIpc) is 3.31. The number of benzene rings is 3. The van der Waals surface area contributed by atoms with Crippen molar-refractivity contribution >= 4 is 23.2 Å². The van der Waals surface area contributed by atoms with Gasteiger partial charge in [-0.3, -0.25) is 4.79 Å². The van der Waals surface area contributed by atoms with Crippen molar-refractivity contribution in [2.45, 2.75) is 6.42 Å². The Morgan fingerprint density at radius 3 is 2.45 bits per heavy atom. The summed E-state index contributed by atoms with van der Waals surface area (Å²) in [5, 5.41) is 14.4. The van der Waals surface area contributed by atoms with Crippen LogP contribution in [0.2, 0.25) is 5.02 Å². The molecule has 0 bridgehead atoms. The number of amides is 1. The quantitative estimate of drug-likeness (QED) is 0.465. The van der Waals surface area contributed by atoms with Crippen molar-refractivity contribution in [1.29, 1.82) is 0 Å². The zero-order valence-electron chi connectivity index (χ0n) is 16.5. The molecule has 156 valence electrons. The van der Waals surface area contributed by atoms with E-state index in [4.69, 9.17) is 21.1 Å². The summed E-state index contributed by atoms with van der Waals surface area (Å²) in [6, 6.07) is 19.6. The Hall–Kier alpha value is -3.91. The fraction of sp³-hybridized carbons (Fsp3) is 0.0909. The van der Waals surface area contributed by atoms with E-state index in [-0.39, 0.29) is 12.3 Å². The summed E-state index contributed by atoms with van der Waals surface area (Å²) in [6.07, 6.45) is 1.69. The third-order valence-corrected chi connectivity index (χ3v) is 4.65. The monoisotopic (exact) mass is 435 g/mol. The molecule has 3 aromatic carbocycles. The van der Waals surface area contributed by atoms with Crippen molar-refractivity contribution in [3.8, 4) is 22.9 Å². The summed E-state index contributed by atoms with van der Waals surface area (Å²) in [4.78, 5) is 12.6. The minimum atomic E-state index is -0.197. The van der Waals surface area contributed by atoms with Crippen molar-refractivity contribution in [2.75, 3.05) is 12.4 Å². The molecule has 0 unspecified atom stereocenters. The van der Waals surface area contributed by atoms with Crippen LogP contribution in [0.3, 0.4) is 0 Å². The number of anilines is 1. The number of ether oxygens (including phenoxy) is 2. The van der Waals surface area contributed by atoms with Gasteiger partial charge in [0.25, 0.3) is 0 Å². The zero-order valence-corrected chi connectivity index (χ0v) is 17.3. The van der Waals surface area contributed by atoms with Crippen LogP contribution in [0.15, 0.2) is 73.1 Å². The number of hydrogen-bond acceptors (Lipinski definition) is 6. The lowest BCUT2D eigenvalue weighted by molar-refractivity contribution is -0.115. The van der Waals surface area contributed by atoms with E-state index in [0.29, 0.717) is 22.2 Å². The summed E-state index contributed by atoms with van der Waals surface area (Å²) in [6.45, 7) is 0. The standard InChI is InChI=1S/C22H18ClN5O3/c1-30-18-7-9-19(10-8-18)31-21-11-4-16(23)13-20(21)25-22(29)12-15-2-5-17(6-3-15)28-14-24-26-27-28/h2-11,13-14H,12H2,1H3,(H,25,29). The SMILES string of the molecule is COc1ccc(Oc2ccc(Cl)cc2NC(=O)Cc2ccc(-n3cnnn3)cc2)cc1. The summed E-state index contributed by atoms with van der Waals surface area (Å²) in [7, 11) is 1.60. The number of nitrogens with zero attached hydrogens (tertiary/aromatic N) is 4. The predicted molar refractivity (Wildman–Crippen MR) is 116 cm³/mol. The van der Waals surface area contributed by atoms with Gasteiger partial charge in [0.1, 0.15) is 17.8 Å². The van der Waals surface area contributed by atoms with E-state index >= 15 is 0 Å². The molecule has 0 fully saturated rings. The Balaban J connectivity index is 1.45. The number of methoxy groups -OCH3 is 1. The number of halogens is 1. The van der Waals surface area contributed by atoms with Crippen LogP contribution in [0.1, 0.15) is 5.56 Å². The van der Waals surface area contributed by atoms with Crippen LogP contribution >= 0.6 is 11.6 Å². The van der Waals surface area contributed by atoms with E-state index < -0.39 is 0 Å². The molecular formula is C22H18ClN5O3. The Morgan fingerprint density at radius 1 is 1.03 bits per heavy atom. The van der Waals surface area contributed by atoms with E-state index in [1.54, 1.807) is 54.3 Å². The minimum Gasteiger partial charge on any atom is -0.497 e. The largest absolute Gasteiger partial charge is 0.497 e. The molecule has 4 aromatic rings. The summed E-state index contributed by atoms with van der Waals surface area (Å²) in [5.74, 6) is 1.62. The molecule has 0 spiro atoms. The number of nitrogens with one attached hydrogen (secondary N) is 1. The molecule has 0 saturated carbocycles. The van der Waals surface area contributed by atoms with Gasteiger partial charge < -0.3 is 14.8 Å². The minimum absolute atomic E-state index is 0.185. The number of hydrogen-bond donors (Lipinski definition) is 1. The van der Waals surface area contributed by atoms with Crippen LogP contribution in [0.4, 0.5) is 5.69 Å². The molecule has 31 heavy (non-hydrogen) atoms. The second-order valence-electron chi connectivity index (χ2n) is 6.56. The number of aromatic nitrogens is 4. The van der Waals surface area contributed by atoms with E-state index in [0.717, 1.165) is 17.0 Å². The van der Waals surface area contributed by atoms with Gasteiger partial charge in [0.05, 0.1) is 24.9 Å². The highest BCUT2D eigenvalue weighted by atomic mass is 35.5. The lowest BCUT2D eigenvalue weighted by Crippen LogP contribution is -2.15. The van der Waals surface area contributed by atoms with E-state index in [1.165, 1.54) is 6.33 Å². The van der Waals surface area contributed by atoms with Crippen molar-refractivity contribution in [2.24, 2.45) is 0 Å². The molecule has 4 rings (SSSR count). The lowest BCUT2D eigenvalue weighted by atomic mass is 10.1. The number of carbonyl (C=O) groups is 1. The maximum absolute atomic E-state index is 12.6. The molecular weight excluding hydrogens is 418 g/mol. The highest BCUT2D eigenvalue weighted by molar-refractivity contribution is 6.31. The summed E-state index contributed by atoms with van der Waals surface area (Å²) >= 11 is 6.13. The molecule has 0 saturated heterocycles. The number of rotatable bonds is 7. The third-order valence-electron chi connectivity index (χ3n) is 4.42. The molecule has 0 atom stereocenters. The average molecular weight is 436 g/mol. The van der Waals surface area contributed by atoms with Gasteiger partial charge in [-0.1, -0.05) is 23.7 Å². The molecule has 0 aliphatic rings. The second-order valence-corrected chi connectivity index (χ2v) is 7.00. The molecule has 9 heteroatoms. The van der Waals surface area contributed by atoms with Gasteiger partial charge in [0.2, 0.25) is 5.91 Å². The molecule has 0 aliphatic heterocycles. The zero-order chi connectivity index (χ0) is 21.6. The summed E-state index contributed by atoms with van der Waals surface area (Å²) < 4.78 is 12.6. The van der Waals surface area contributed by atoms with Crippen LogP contribution in [-0.4, -0.2) is 33.2 Å². The molecule has 0 radical (unpaired) electrons. The second kappa shape index (κ2) is 9.27. The lowest BCUT2D eigenvalue weighted by Gasteiger charge is -2.13. The van der Waals surface area contributed by atoms with E-state index in [2.05, 4.69) is 20.8 Å². The molecule has 1 aromatic heterocycles. The Bertz CT molecular complexity index is 1160. The summed E-state index contributed by atoms with van der Waals surface area (Å²) in [5.41, 5.74) is 2.13. The van der Waals surface area contributed by atoms with Crippen molar-refractivity contribution < 1.29 is 14.3 Å². The van der Waals surface area contributed by atoms with Crippen LogP contribution in [0.25, 0.3) is 5.69 Å². The van der Waals surface area contributed by atoms with Crippen LogP contribution in [0.5, 0.6) is 17.2 Å². The van der Waals surface area contributed by atoms with Gasteiger partial charge in [-0.2, -0.15) is 0 Å². The van der Waals surface area contributed by atoms with Crippen molar-refractivity contribution in [3.63, 3.8) is 0 Å². The maximum Gasteiger partial charge on any atom is 0.228 e. The first-order valence-corrected chi connectivity index (χ1v) is 9.72. The smallest absolute Gasteiger partial charge is 0.228 e. The van der Waals surface area contributed by atoms with Crippen LogP contribution in [-0.2, 0) is 11.2 Å². The first kappa shape index (κ1) is 20.4. The maximum atomic E-state index is 12.6. The topological polar surface area (TPSA) is 91.2 Å². The highest BCUT2D eigenvalue weighted by Crippen LogP contribution is 2.32. The van der Waals surface area contributed by atoms with Gasteiger partial charge in [-0.15, -0.1) is 5.10 Å². The molecule has 1 heterocycles. The van der Waals surface area contributed by atoms with Gasteiger partial charge in [0.15, 0.2) is 5.75 Å². The van der Waals surface area contributed by atoms with E-state index in [1.807, 2.05) is 24.3 Å². The first-order chi connectivity index (χ1) is 15.1. The van der Waals surface area contributed by atoms with Gasteiger partial charge in [0, 0.05) is 5.02 Å². The Kier molecular flexibility index (Phi) is 6.09. The van der Waals surface area contributed by atoms with Gasteiger partial charge >= 0.3 is 0 Å². The van der Waals surface area contributed by atoms with Crippen LogP contribution in [0, 0.1) is 0 Å². The Morgan fingerprint density at radius 2 is 1.77 bits per heavy atom. The normalized spacial score (nSPS) is 10.5. The molecule has 1 amide bonds. The predicted octanol–water partition coefficient (Wildman–Crippen LogP) is 4.30. The third kappa shape index (κ3) is 5.18.